The Kier molecular flexibility index (Phi) is 7.68. The molecule has 0 saturated carbocycles. The second-order valence-electron chi connectivity index (χ2n) is 6.70. The molecule has 0 aromatic heterocycles. The summed E-state index contributed by atoms with van der Waals surface area (Å²) in [7, 11) is 0. The van der Waals surface area contributed by atoms with E-state index in [1.807, 2.05) is 0 Å². The molecule has 11 heteroatoms. The summed E-state index contributed by atoms with van der Waals surface area (Å²) in [6.45, 7) is 2.01. The molecule has 0 aliphatic carbocycles. The van der Waals surface area contributed by atoms with Gasteiger partial charge in [0.2, 0.25) is 5.75 Å². The molecular weight excluding hydrogens is 485 g/mol. The van der Waals surface area contributed by atoms with Gasteiger partial charge in [-0.05, 0) is 48.9 Å². The van der Waals surface area contributed by atoms with Crippen LogP contribution < -0.4 is 9.47 Å². The lowest BCUT2D eigenvalue weighted by molar-refractivity contribution is -0.394. The summed E-state index contributed by atoms with van der Waals surface area (Å²) in [6.07, 6.45) is 1.59. The molecule has 0 aliphatic rings. The van der Waals surface area contributed by atoms with E-state index in [0.717, 1.165) is 18.2 Å². The van der Waals surface area contributed by atoms with Crippen molar-refractivity contribution >= 4 is 46.2 Å². The molecule has 172 valence electrons. The maximum absolute atomic E-state index is 11.4. The summed E-state index contributed by atoms with van der Waals surface area (Å²) in [5.74, 6) is 0.216. The molecule has 0 fully saturated rings. The molecule has 0 unspecified atom stereocenters. The molecule has 0 N–H and O–H groups in total. The van der Waals surface area contributed by atoms with Crippen molar-refractivity contribution in [3.05, 3.63) is 96.0 Å². The van der Waals surface area contributed by atoms with E-state index in [-0.39, 0.29) is 29.4 Å². The van der Waals surface area contributed by atoms with E-state index in [4.69, 9.17) is 32.7 Å². The third-order valence-corrected chi connectivity index (χ3v) is 5.04. The number of nitro groups is 2. The van der Waals surface area contributed by atoms with Gasteiger partial charge >= 0.3 is 5.69 Å². The molecule has 0 saturated heterocycles. The van der Waals surface area contributed by atoms with Crippen LogP contribution in [-0.2, 0) is 0 Å². The predicted molar refractivity (Wildman–Crippen MR) is 127 cm³/mol. The smallest absolute Gasteiger partial charge is 0.318 e. The van der Waals surface area contributed by atoms with E-state index in [1.165, 1.54) is 12.1 Å². The van der Waals surface area contributed by atoms with Gasteiger partial charge in [-0.3, -0.25) is 20.2 Å². The highest BCUT2D eigenvalue weighted by Gasteiger charge is 2.22. The van der Waals surface area contributed by atoms with Gasteiger partial charge in [0, 0.05) is 16.7 Å². The zero-order valence-corrected chi connectivity index (χ0v) is 19.0. The predicted octanol–water partition coefficient (Wildman–Crippen LogP) is 7.06. The normalized spacial score (nSPS) is 10.9. The minimum Gasteiger partial charge on any atom is -0.490 e. The van der Waals surface area contributed by atoms with Crippen molar-refractivity contribution in [2.45, 2.75) is 6.92 Å². The van der Waals surface area contributed by atoms with E-state index in [0.29, 0.717) is 21.2 Å². The number of hydrogen-bond donors (Lipinski definition) is 0. The first-order valence-corrected chi connectivity index (χ1v) is 10.4. The quantitative estimate of drug-likeness (QED) is 0.140. The molecule has 0 bridgehead atoms. The summed E-state index contributed by atoms with van der Waals surface area (Å²) < 4.78 is 11.3. The SMILES string of the molecule is CCOc1cc(/C=C(\C#N)c2ccc(Cl)cc2Cl)ccc1Oc1ccc([N+](=O)[O-])cc1[N+](=O)[O-]. The van der Waals surface area contributed by atoms with Gasteiger partial charge in [0.25, 0.3) is 5.69 Å². The molecule has 34 heavy (non-hydrogen) atoms. The molecule has 0 heterocycles. The van der Waals surface area contributed by atoms with Crippen LogP contribution in [0, 0.1) is 31.6 Å². The molecule has 9 nitrogen and oxygen atoms in total. The molecule has 3 aromatic rings. The first kappa shape index (κ1) is 24.5. The highest BCUT2D eigenvalue weighted by molar-refractivity contribution is 6.36. The monoisotopic (exact) mass is 499 g/mol. The molecule has 0 aliphatic heterocycles. The van der Waals surface area contributed by atoms with Gasteiger partial charge in [0.15, 0.2) is 11.5 Å². The summed E-state index contributed by atoms with van der Waals surface area (Å²) in [5.41, 5.74) is 0.355. The van der Waals surface area contributed by atoms with Crippen LogP contribution in [0.2, 0.25) is 10.0 Å². The van der Waals surface area contributed by atoms with E-state index in [2.05, 4.69) is 6.07 Å². The average molecular weight is 500 g/mol. The molecule has 0 amide bonds. The number of non-ortho nitro benzene ring substituents is 1. The van der Waals surface area contributed by atoms with Crippen LogP contribution in [0.4, 0.5) is 11.4 Å². The number of nitro benzene ring substituents is 2. The van der Waals surface area contributed by atoms with Crippen molar-refractivity contribution in [2.24, 2.45) is 0 Å². The molecular formula is C23H15Cl2N3O6. The Balaban J connectivity index is 2.01. The van der Waals surface area contributed by atoms with Gasteiger partial charge in [-0.25, -0.2) is 0 Å². The minimum absolute atomic E-state index is 0.152. The Bertz CT molecular complexity index is 1350. The molecule has 0 atom stereocenters. The van der Waals surface area contributed by atoms with Crippen LogP contribution in [-0.4, -0.2) is 16.5 Å². The summed E-state index contributed by atoms with van der Waals surface area (Å²) in [5, 5.41) is 32.7. The van der Waals surface area contributed by atoms with Gasteiger partial charge in [0.1, 0.15) is 0 Å². The van der Waals surface area contributed by atoms with Gasteiger partial charge in [-0.1, -0.05) is 35.3 Å². The number of nitriles is 1. The highest BCUT2D eigenvalue weighted by Crippen LogP contribution is 2.39. The van der Waals surface area contributed by atoms with Crippen molar-refractivity contribution in [2.75, 3.05) is 6.61 Å². The first-order valence-electron chi connectivity index (χ1n) is 9.68. The summed E-state index contributed by atoms with van der Waals surface area (Å²) in [4.78, 5) is 20.9. The number of halogens is 2. The number of nitrogens with zero attached hydrogens (tertiary/aromatic N) is 3. The summed E-state index contributed by atoms with van der Waals surface area (Å²) in [6, 6.07) is 14.7. The van der Waals surface area contributed by atoms with Gasteiger partial charge < -0.3 is 9.47 Å². The van der Waals surface area contributed by atoms with Crippen molar-refractivity contribution < 1.29 is 19.3 Å². The van der Waals surface area contributed by atoms with Crippen molar-refractivity contribution in [1.82, 2.24) is 0 Å². The van der Waals surface area contributed by atoms with E-state index >= 15 is 0 Å². The van der Waals surface area contributed by atoms with Crippen molar-refractivity contribution in [1.29, 1.82) is 5.26 Å². The summed E-state index contributed by atoms with van der Waals surface area (Å²) >= 11 is 12.1. The van der Waals surface area contributed by atoms with Crippen LogP contribution in [0.15, 0.2) is 54.6 Å². The van der Waals surface area contributed by atoms with Crippen LogP contribution in [0.3, 0.4) is 0 Å². The zero-order valence-electron chi connectivity index (χ0n) is 17.5. The number of rotatable bonds is 8. The zero-order chi connectivity index (χ0) is 24.8. The van der Waals surface area contributed by atoms with Crippen LogP contribution in [0.1, 0.15) is 18.1 Å². The van der Waals surface area contributed by atoms with E-state index in [9.17, 15) is 25.5 Å². The third-order valence-electron chi connectivity index (χ3n) is 4.49. The third kappa shape index (κ3) is 5.61. The Morgan fingerprint density at radius 1 is 1.00 bits per heavy atom. The average Bonchev–Trinajstić information content (AvgIpc) is 2.79. The van der Waals surface area contributed by atoms with Crippen molar-refractivity contribution in [3.8, 4) is 23.3 Å². The second-order valence-corrected chi connectivity index (χ2v) is 7.55. The standard InChI is InChI=1S/C23H15Cl2N3O6/c1-2-33-23-10-14(9-15(13-26)18-6-4-16(24)11-19(18)25)3-7-22(23)34-21-8-5-17(27(29)30)12-20(21)28(31)32/h3-12H,2H2,1H3/b15-9+. The van der Waals surface area contributed by atoms with Gasteiger partial charge in [-0.2, -0.15) is 5.26 Å². The second kappa shape index (κ2) is 10.7. The Morgan fingerprint density at radius 3 is 2.35 bits per heavy atom. The van der Waals surface area contributed by atoms with Gasteiger partial charge in [-0.15, -0.1) is 0 Å². The lowest BCUT2D eigenvalue weighted by Gasteiger charge is -2.13. The maximum Gasteiger partial charge on any atom is 0.318 e. The van der Waals surface area contributed by atoms with E-state index in [1.54, 1.807) is 37.3 Å². The van der Waals surface area contributed by atoms with Crippen LogP contribution >= 0.6 is 23.2 Å². The largest absolute Gasteiger partial charge is 0.490 e. The molecule has 0 radical (unpaired) electrons. The maximum atomic E-state index is 11.4. The number of ether oxygens (including phenoxy) is 2. The first-order chi connectivity index (χ1) is 16.2. The topological polar surface area (TPSA) is 129 Å². The molecule has 3 aromatic carbocycles. The number of hydrogen-bond acceptors (Lipinski definition) is 7. The Hall–Kier alpha value is -4.13. The minimum atomic E-state index is -0.769. The lowest BCUT2D eigenvalue weighted by atomic mass is 10.0. The fraction of sp³-hybridized carbons (Fsp3) is 0.0870. The fourth-order valence-corrected chi connectivity index (χ4v) is 3.49. The van der Waals surface area contributed by atoms with Gasteiger partial charge in [0.05, 0.1) is 39.2 Å². The van der Waals surface area contributed by atoms with E-state index < -0.39 is 21.2 Å². The fourth-order valence-electron chi connectivity index (χ4n) is 2.98. The Morgan fingerprint density at radius 2 is 1.74 bits per heavy atom. The lowest BCUT2D eigenvalue weighted by Crippen LogP contribution is -1.99. The highest BCUT2D eigenvalue weighted by atomic mass is 35.5. The van der Waals surface area contributed by atoms with Crippen LogP contribution in [0.25, 0.3) is 11.6 Å². The van der Waals surface area contributed by atoms with Crippen molar-refractivity contribution in [3.63, 3.8) is 0 Å². The molecule has 0 spiro atoms. The molecule has 3 rings (SSSR count). The van der Waals surface area contributed by atoms with Crippen LogP contribution in [0.5, 0.6) is 17.2 Å². The number of benzene rings is 3. The number of allylic oxidation sites excluding steroid dienone is 1. The Labute approximate surface area is 203 Å².